The highest BCUT2D eigenvalue weighted by Gasteiger charge is 2.15. The first-order chi connectivity index (χ1) is 9.56. The average molecular weight is 278 g/mol. The summed E-state index contributed by atoms with van der Waals surface area (Å²) in [6, 6.07) is 1.51. The zero-order chi connectivity index (χ0) is 14.5. The number of hydrogen-bond acceptors (Lipinski definition) is 5. The first-order valence-corrected chi connectivity index (χ1v) is 7.13. The summed E-state index contributed by atoms with van der Waals surface area (Å²) in [7, 11) is 0. The minimum Gasteiger partial charge on any atom is -0.369 e. The molecule has 2 rings (SSSR count). The van der Waals surface area contributed by atoms with Gasteiger partial charge in [-0.2, -0.15) is 0 Å². The van der Waals surface area contributed by atoms with Gasteiger partial charge >= 0.3 is 0 Å². The van der Waals surface area contributed by atoms with Gasteiger partial charge in [-0.05, 0) is 38.8 Å². The summed E-state index contributed by atoms with van der Waals surface area (Å²) in [5.41, 5.74) is 0.708. The second-order valence-corrected chi connectivity index (χ2v) is 5.56. The number of aryl methyl sites for hydroxylation is 1. The van der Waals surface area contributed by atoms with Crippen molar-refractivity contribution in [3.63, 3.8) is 0 Å². The molecule has 0 radical (unpaired) electrons. The maximum Gasteiger partial charge on any atom is 0.277 e. The van der Waals surface area contributed by atoms with E-state index in [1.807, 2.05) is 0 Å². The molecule has 110 valence electrons. The summed E-state index contributed by atoms with van der Waals surface area (Å²) in [4.78, 5) is 17.1. The predicted molar refractivity (Wildman–Crippen MR) is 79.0 cm³/mol. The molecule has 0 bridgehead atoms. The molecule has 1 N–H and O–H groups in total. The van der Waals surface area contributed by atoms with Gasteiger partial charge in [-0.25, -0.2) is 4.98 Å². The van der Waals surface area contributed by atoms with Gasteiger partial charge < -0.3 is 10.2 Å². The van der Waals surface area contributed by atoms with Crippen LogP contribution in [-0.2, 0) is 0 Å². The van der Waals surface area contributed by atoms with Crippen LogP contribution < -0.4 is 5.32 Å². The topological polar surface area (TPSA) is 71.3 Å². The Morgan fingerprint density at radius 1 is 1.50 bits per heavy atom. The van der Waals surface area contributed by atoms with Crippen LogP contribution in [0.5, 0.6) is 0 Å². The standard InChI is InChI=1S/C14H22N4O2/c1-11-3-6-17(7-4-11)8-5-15-14-9-13(18(19)20)12(2)10-16-14/h9-11H,3-8H2,1-2H3,(H,15,16). The smallest absolute Gasteiger partial charge is 0.277 e. The molecule has 1 aromatic rings. The van der Waals surface area contributed by atoms with Crippen LogP contribution in [0.2, 0.25) is 0 Å². The Balaban J connectivity index is 1.82. The van der Waals surface area contributed by atoms with Crippen LogP contribution in [0.15, 0.2) is 12.3 Å². The predicted octanol–water partition coefficient (Wildman–Crippen LogP) is 2.44. The van der Waals surface area contributed by atoms with Crippen molar-refractivity contribution in [2.24, 2.45) is 5.92 Å². The van der Waals surface area contributed by atoms with Crippen molar-refractivity contribution in [1.29, 1.82) is 0 Å². The third-order valence-electron chi connectivity index (χ3n) is 3.88. The molecule has 0 atom stereocenters. The summed E-state index contributed by atoms with van der Waals surface area (Å²) in [5.74, 6) is 1.41. The minimum absolute atomic E-state index is 0.120. The molecule has 1 aromatic heterocycles. The van der Waals surface area contributed by atoms with Crippen molar-refractivity contribution in [2.45, 2.75) is 26.7 Å². The van der Waals surface area contributed by atoms with Crippen LogP contribution in [0, 0.1) is 23.0 Å². The van der Waals surface area contributed by atoms with Crippen LogP contribution in [0.4, 0.5) is 11.5 Å². The second kappa shape index (κ2) is 6.65. The number of rotatable bonds is 5. The summed E-state index contributed by atoms with van der Waals surface area (Å²) >= 11 is 0. The zero-order valence-corrected chi connectivity index (χ0v) is 12.1. The molecule has 6 heteroatoms. The summed E-state index contributed by atoms with van der Waals surface area (Å²) < 4.78 is 0. The normalized spacial score (nSPS) is 17.1. The first kappa shape index (κ1) is 14.7. The summed E-state index contributed by atoms with van der Waals surface area (Å²) in [6.07, 6.45) is 4.06. The van der Waals surface area contributed by atoms with E-state index >= 15 is 0 Å². The van der Waals surface area contributed by atoms with Gasteiger partial charge in [0.05, 0.1) is 11.0 Å². The zero-order valence-electron chi connectivity index (χ0n) is 12.1. The molecule has 6 nitrogen and oxygen atoms in total. The van der Waals surface area contributed by atoms with Gasteiger partial charge in [0.25, 0.3) is 5.69 Å². The molecule has 0 spiro atoms. The molecule has 20 heavy (non-hydrogen) atoms. The third kappa shape index (κ3) is 3.90. The van der Waals surface area contributed by atoms with E-state index in [0.717, 1.165) is 32.1 Å². The Kier molecular flexibility index (Phi) is 4.89. The number of aromatic nitrogens is 1. The number of nitro groups is 1. The van der Waals surface area contributed by atoms with Gasteiger partial charge in [-0.3, -0.25) is 10.1 Å². The van der Waals surface area contributed by atoms with Crippen LogP contribution in [0.3, 0.4) is 0 Å². The highest BCUT2D eigenvalue weighted by Crippen LogP contribution is 2.20. The van der Waals surface area contributed by atoms with Gasteiger partial charge in [0, 0.05) is 24.8 Å². The lowest BCUT2D eigenvalue weighted by atomic mass is 9.99. The molecule has 0 amide bonds. The Bertz CT molecular complexity index is 470. The van der Waals surface area contributed by atoms with Crippen molar-refractivity contribution in [1.82, 2.24) is 9.88 Å². The fraction of sp³-hybridized carbons (Fsp3) is 0.643. The molecule has 0 saturated carbocycles. The molecule has 1 saturated heterocycles. The van der Waals surface area contributed by atoms with Crippen molar-refractivity contribution >= 4 is 11.5 Å². The number of likely N-dealkylation sites (tertiary alicyclic amines) is 1. The molecule has 2 heterocycles. The lowest BCUT2D eigenvalue weighted by Gasteiger charge is -2.30. The second-order valence-electron chi connectivity index (χ2n) is 5.56. The Labute approximate surface area is 119 Å². The maximum absolute atomic E-state index is 10.9. The van der Waals surface area contributed by atoms with Crippen molar-refractivity contribution < 1.29 is 4.92 Å². The number of nitrogens with zero attached hydrogens (tertiary/aromatic N) is 3. The Morgan fingerprint density at radius 3 is 2.85 bits per heavy atom. The number of piperidine rings is 1. The number of anilines is 1. The van der Waals surface area contributed by atoms with Crippen LogP contribution in [0.1, 0.15) is 25.3 Å². The highest BCUT2D eigenvalue weighted by atomic mass is 16.6. The number of nitrogens with one attached hydrogen (secondary N) is 1. The molecular weight excluding hydrogens is 256 g/mol. The largest absolute Gasteiger partial charge is 0.369 e. The summed E-state index contributed by atoms with van der Waals surface area (Å²) in [6.45, 7) is 8.00. The number of hydrogen-bond donors (Lipinski definition) is 1. The van der Waals surface area contributed by atoms with E-state index in [1.165, 1.54) is 18.9 Å². The lowest BCUT2D eigenvalue weighted by molar-refractivity contribution is -0.385. The van der Waals surface area contributed by atoms with Gasteiger partial charge in [-0.15, -0.1) is 0 Å². The van der Waals surface area contributed by atoms with E-state index in [9.17, 15) is 10.1 Å². The Morgan fingerprint density at radius 2 is 2.20 bits per heavy atom. The van der Waals surface area contributed by atoms with Crippen molar-refractivity contribution in [2.75, 3.05) is 31.5 Å². The van der Waals surface area contributed by atoms with Crippen LogP contribution >= 0.6 is 0 Å². The Hall–Kier alpha value is -1.69. The van der Waals surface area contributed by atoms with Crippen LogP contribution in [0.25, 0.3) is 0 Å². The van der Waals surface area contributed by atoms with Gasteiger partial charge in [-0.1, -0.05) is 6.92 Å². The fourth-order valence-electron chi connectivity index (χ4n) is 2.43. The monoisotopic (exact) mass is 278 g/mol. The molecule has 0 aliphatic carbocycles. The van der Waals surface area contributed by atoms with E-state index in [0.29, 0.717) is 11.4 Å². The van der Waals surface area contributed by atoms with E-state index < -0.39 is 0 Å². The van der Waals surface area contributed by atoms with Crippen LogP contribution in [-0.4, -0.2) is 41.0 Å². The molecule has 0 unspecified atom stereocenters. The molecule has 0 aromatic carbocycles. The lowest BCUT2D eigenvalue weighted by Crippen LogP contribution is -2.36. The first-order valence-electron chi connectivity index (χ1n) is 7.13. The van der Waals surface area contributed by atoms with Crippen molar-refractivity contribution in [3.8, 4) is 0 Å². The SMILES string of the molecule is Cc1cnc(NCCN2CCC(C)CC2)cc1[N+](=O)[O-]. The van der Waals surface area contributed by atoms with Crippen molar-refractivity contribution in [3.05, 3.63) is 27.9 Å². The van der Waals surface area contributed by atoms with E-state index in [-0.39, 0.29) is 10.6 Å². The molecule has 1 aliphatic rings. The maximum atomic E-state index is 10.9. The molecule has 1 fully saturated rings. The highest BCUT2D eigenvalue weighted by molar-refractivity contribution is 5.48. The number of pyridine rings is 1. The van der Waals surface area contributed by atoms with E-state index in [4.69, 9.17) is 0 Å². The van der Waals surface area contributed by atoms with Gasteiger partial charge in [0.15, 0.2) is 0 Å². The van der Waals surface area contributed by atoms with Gasteiger partial charge in [0.2, 0.25) is 0 Å². The fourth-order valence-corrected chi connectivity index (χ4v) is 2.43. The average Bonchev–Trinajstić information content (AvgIpc) is 2.42. The van der Waals surface area contributed by atoms with Gasteiger partial charge in [0.1, 0.15) is 5.82 Å². The van der Waals surface area contributed by atoms with E-state index in [2.05, 4.69) is 22.1 Å². The molecule has 1 aliphatic heterocycles. The summed E-state index contributed by atoms with van der Waals surface area (Å²) in [5, 5.41) is 14.0. The third-order valence-corrected chi connectivity index (χ3v) is 3.88. The minimum atomic E-state index is -0.367. The quantitative estimate of drug-likeness (QED) is 0.661. The van der Waals surface area contributed by atoms with E-state index in [1.54, 1.807) is 13.1 Å². The molecular formula is C14H22N4O2.